The summed E-state index contributed by atoms with van der Waals surface area (Å²) in [6, 6.07) is 20.0. The number of nitrogens with one attached hydrogen (secondary N) is 1. The fourth-order valence-corrected chi connectivity index (χ4v) is 4.65. The molecule has 1 aliphatic heterocycles. The molecule has 1 amide bonds. The summed E-state index contributed by atoms with van der Waals surface area (Å²) in [5.41, 5.74) is 3.24. The van der Waals surface area contributed by atoms with Crippen LogP contribution in [0, 0.1) is 6.92 Å². The Morgan fingerprint density at radius 1 is 0.971 bits per heavy atom. The second-order valence-electron chi connectivity index (χ2n) is 8.84. The van der Waals surface area contributed by atoms with Crippen molar-refractivity contribution in [3.05, 3.63) is 93.1 Å². The van der Waals surface area contributed by atoms with E-state index in [2.05, 4.69) is 22.2 Å². The molecule has 0 unspecified atom stereocenters. The zero-order chi connectivity index (χ0) is 24.5. The van der Waals surface area contributed by atoms with E-state index in [1.54, 1.807) is 31.2 Å². The maximum Gasteiger partial charge on any atom is 0.259 e. The molecule has 1 fully saturated rings. The lowest BCUT2D eigenvalue weighted by Gasteiger charge is -2.35. The van der Waals surface area contributed by atoms with Gasteiger partial charge in [0.15, 0.2) is 11.0 Å². The quantitative estimate of drug-likeness (QED) is 0.416. The third-order valence-corrected chi connectivity index (χ3v) is 6.71. The van der Waals surface area contributed by atoms with Crippen LogP contribution in [-0.2, 0) is 0 Å². The monoisotopic (exact) mass is 487 g/mol. The average molecular weight is 488 g/mol. The molecule has 0 atom stereocenters. The number of halogens is 1. The molecule has 6 nitrogen and oxygen atoms in total. The van der Waals surface area contributed by atoms with Crippen LogP contribution in [0.3, 0.4) is 0 Å². The van der Waals surface area contributed by atoms with Gasteiger partial charge in [-0.25, -0.2) is 0 Å². The molecule has 1 aromatic heterocycles. The summed E-state index contributed by atoms with van der Waals surface area (Å²) in [6.45, 7) is 5.32. The van der Waals surface area contributed by atoms with E-state index in [0.717, 1.165) is 37.4 Å². The van der Waals surface area contributed by atoms with Crippen molar-refractivity contribution in [3.63, 3.8) is 0 Å². The van der Waals surface area contributed by atoms with Crippen molar-refractivity contribution in [2.45, 2.75) is 6.92 Å². The van der Waals surface area contributed by atoms with Gasteiger partial charge in [0.05, 0.1) is 22.3 Å². The van der Waals surface area contributed by atoms with Crippen molar-refractivity contribution >= 4 is 39.9 Å². The standard InChI is InChI=1S/C28H26ClN3O3/c1-18-25(33)21-9-6-10-22(27(21)35-26(18)19-7-4-3-5-8-19)28(34)30-23-17-20(29)11-12-24(23)32-15-13-31(2)14-16-32/h3-12,17H,13-16H2,1-2H3,(H,30,34). The van der Waals surface area contributed by atoms with E-state index in [0.29, 0.717) is 33.0 Å². The first-order valence-corrected chi connectivity index (χ1v) is 12.0. The smallest absolute Gasteiger partial charge is 0.259 e. The zero-order valence-electron chi connectivity index (χ0n) is 19.7. The minimum absolute atomic E-state index is 0.152. The van der Waals surface area contributed by atoms with Crippen molar-refractivity contribution in [2.24, 2.45) is 0 Å². The largest absolute Gasteiger partial charge is 0.455 e. The van der Waals surface area contributed by atoms with Crippen LogP contribution in [0.25, 0.3) is 22.3 Å². The molecule has 2 heterocycles. The number of likely N-dealkylation sites (N-methyl/N-ethyl adjacent to an activating group) is 1. The number of hydrogen-bond donors (Lipinski definition) is 1. The predicted molar refractivity (Wildman–Crippen MR) is 142 cm³/mol. The molecule has 1 aliphatic rings. The van der Waals surface area contributed by atoms with E-state index in [-0.39, 0.29) is 16.9 Å². The van der Waals surface area contributed by atoms with Gasteiger partial charge in [-0.15, -0.1) is 0 Å². The highest BCUT2D eigenvalue weighted by Crippen LogP contribution is 2.32. The number of rotatable bonds is 4. The highest BCUT2D eigenvalue weighted by Gasteiger charge is 2.22. The number of amides is 1. The first-order chi connectivity index (χ1) is 16.9. The predicted octanol–water partition coefficient (Wildman–Crippen LogP) is 5.43. The van der Waals surface area contributed by atoms with E-state index in [9.17, 15) is 9.59 Å². The first-order valence-electron chi connectivity index (χ1n) is 11.6. The van der Waals surface area contributed by atoms with E-state index in [1.165, 1.54) is 0 Å². The van der Waals surface area contributed by atoms with Crippen LogP contribution in [-0.4, -0.2) is 44.0 Å². The van der Waals surface area contributed by atoms with Gasteiger partial charge in [-0.2, -0.15) is 0 Å². The number of para-hydroxylation sites is 1. The van der Waals surface area contributed by atoms with Crippen molar-refractivity contribution in [1.29, 1.82) is 0 Å². The molecule has 35 heavy (non-hydrogen) atoms. The lowest BCUT2D eigenvalue weighted by atomic mass is 10.0. The lowest BCUT2D eigenvalue weighted by Crippen LogP contribution is -2.44. The Bertz CT molecular complexity index is 1460. The van der Waals surface area contributed by atoms with Crippen molar-refractivity contribution in [1.82, 2.24) is 4.90 Å². The molecule has 0 aliphatic carbocycles. The molecule has 5 rings (SSSR count). The van der Waals surface area contributed by atoms with Gasteiger partial charge in [0.1, 0.15) is 5.76 Å². The fraction of sp³-hybridized carbons (Fsp3) is 0.214. The van der Waals surface area contributed by atoms with Gasteiger partial charge >= 0.3 is 0 Å². The molecular weight excluding hydrogens is 462 g/mol. The molecule has 1 N–H and O–H groups in total. The average Bonchev–Trinajstić information content (AvgIpc) is 2.87. The molecule has 7 heteroatoms. The molecule has 0 spiro atoms. The van der Waals surface area contributed by atoms with Crippen LogP contribution in [0.15, 0.2) is 75.9 Å². The second-order valence-corrected chi connectivity index (χ2v) is 9.28. The highest BCUT2D eigenvalue weighted by molar-refractivity contribution is 6.31. The molecule has 3 aromatic carbocycles. The van der Waals surface area contributed by atoms with Crippen LogP contribution in [0.2, 0.25) is 5.02 Å². The number of nitrogens with zero attached hydrogens (tertiary/aromatic N) is 2. The van der Waals surface area contributed by atoms with Crippen LogP contribution in [0.5, 0.6) is 0 Å². The van der Waals surface area contributed by atoms with Gasteiger partial charge in [0, 0.05) is 42.3 Å². The summed E-state index contributed by atoms with van der Waals surface area (Å²) in [5.74, 6) is 0.100. The number of carbonyl (C=O) groups is 1. The van der Waals surface area contributed by atoms with E-state index in [4.69, 9.17) is 16.0 Å². The topological polar surface area (TPSA) is 65.8 Å². The molecule has 0 radical (unpaired) electrons. The van der Waals surface area contributed by atoms with Crippen molar-refractivity contribution in [3.8, 4) is 11.3 Å². The number of piperazine rings is 1. The zero-order valence-corrected chi connectivity index (χ0v) is 20.4. The SMILES string of the molecule is Cc1c(-c2ccccc2)oc2c(C(=O)Nc3cc(Cl)ccc3N3CCN(C)CC3)cccc2c1=O. The lowest BCUT2D eigenvalue weighted by molar-refractivity contribution is 0.102. The fourth-order valence-electron chi connectivity index (χ4n) is 4.47. The molecule has 1 saturated heterocycles. The van der Waals surface area contributed by atoms with Crippen molar-refractivity contribution in [2.75, 3.05) is 43.4 Å². The second kappa shape index (κ2) is 9.56. The Morgan fingerprint density at radius 3 is 2.46 bits per heavy atom. The van der Waals surface area contributed by atoms with Crippen LogP contribution in [0.1, 0.15) is 15.9 Å². The Hall–Kier alpha value is -3.61. The molecule has 0 saturated carbocycles. The summed E-state index contributed by atoms with van der Waals surface area (Å²) >= 11 is 6.29. The summed E-state index contributed by atoms with van der Waals surface area (Å²) in [6.07, 6.45) is 0. The summed E-state index contributed by atoms with van der Waals surface area (Å²) in [7, 11) is 2.10. The molecule has 178 valence electrons. The first kappa shape index (κ1) is 23.1. The van der Waals surface area contributed by atoms with Crippen LogP contribution >= 0.6 is 11.6 Å². The Balaban J connectivity index is 1.56. The van der Waals surface area contributed by atoms with Gasteiger partial charge in [0.25, 0.3) is 5.91 Å². The van der Waals surface area contributed by atoms with Gasteiger partial charge in [-0.05, 0) is 44.3 Å². The van der Waals surface area contributed by atoms with Gasteiger partial charge in [-0.1, -0.05) is 48.0 Å². The van der Waals surface area contributed by atoms with Crippen LogP contribution in [0.4, 0.5) is 11.4 Å². The van der Waals surface area contributed by atoms with E-state index in [1.807, 2.05) is 42.5 Å². The maximum atomic E-state index is 13.5. The van der Waals surface area contributed by atoms with Gasteiger partial charge < -0.3 is 19.5 Å². The van der Waals surface area contributed by atoms with Crippen molar-refractivity contribution < 1.29 is 9.21 Å². The summed E-state index contributed by atoms with van der Waals surface area (Å²) in [5, 5.41) is 3.93. The van der Waals surface area contributed by atoms with E-state index >= 15 is 0 Å². The Labute approximate surface area is 208 Å². The summed E-state index contributed by atoms with van der Waals surface area (Å²) < 4.78 is 6.23. The van der Waals surface area contributed by atoms with Gasteiger partial charge in [-0.3, -0.25) is 9.59 Å². The maximum absolute atomic E-state index is 13.5. The number of carbonyl (C=O) groups excluding carboxylic acids is 1. The summed E-state index contributed by atoms with van der Waals surface area (Å²) in [4.78, 5) is 31.2. The Kier molecular flexibility index (Phi) is 6.32. The van der Waals surface area contributed by atoms with E-state index < -0.39 is 0 Å². The number of anilines is 2. The Morgan fingerprint density at radius 2 is 1.71 bits per heavy atom. The van der Waals surface area contributed by atoms with Crippen LogP contribution < -0.4 is 15.6 Å². The number of fused-ring (bicyclic) bond motifs is 1. The normalized spacial score (nSPS) is 14.3. The molecule has 0 bridgehead atoms. The van der Waals surface area contributed by atoms with Gasteiger partial charge in [0.2, 0.25) is 0 Å². The minimum atomic E-state index is -0.362. The third kappa shape index (κ3) is 4.55. The molecular formula is C28H26ClN3O3. The highest BCUT2D eigenvalue weighted by atomic mass is 35.5. The third-order valence-electron chi connectivity index (χ3n) is 6.48. The molecule has 4 aromatic rings. The minimum Gasteiger partial charge on any atom is -0.455 e. The number of hydrogen-bond acceptors (Lipinski definition) is 5. The number of benzene rings is 3.